The largest absolute Gasteiger partial charge is 0.354 e. The van der Waals surface area contributed by atoms with E-state index in [1.807, 2.05) is 43.1 Å². The van der Waals surface area contributed by atoms with Crippen molar-refractivity contribution in [2.75, 3.05) is 18.5 Å². The van der Waals surface area contributed by atoms with Crippen molar-refractivity contribution >= 4 is 17.5 Å². The Labute approximate surface area is 153 Å². The second kappa shape index (κ2) is 6.48. The Hall–Kier alpha value is -2.82. The van der Waals surface area contributed by atoms with Gasteiger partial charge in [0.15, 0.2) is 0 Å². The van der Waals surface area contributed by atoms with E-state index in [9.17, 15) is 9.59 Å². The lowest BCUT2D eigenvalue weighted by Gasteiger charge is -2.40. The van der Waals surface area contributed by atoms with Crippen LogP contribution in [0.2, 0.25) is 0 Å². The van der Waals surface area contributed by atoms with Crippen LogP contribution in [0, 0.1) is 6.92 Å². The summed E-state index contributed by atoms with van der Waals surface area (Å²) in [5.41, 5.74) is 4.36. The van der Waals surface area contributed by atoms with Crippen LogP contribution in [0.15, 0.2) is 42.5 Å². The van der Waals surface area contributed by atoms with E-state index in [0.29, 0.717) is 17.7 Å². The number of anilines is 1. The van der Waals surface area contributed by atoms with Crippen molar-refractivity contribution in [2.45, 2.75) is 32.5 Å². The predicted octanol–water partition coefficient (Wildman–Crippen LogP) is 2.94. The van der Waals surface area contributed by atoms with Gasteiger partial charge in [0.1, 0.15) is 6.17 Å². The van der Waals surface area contributed by atoms with Gasteiger partial charge in [-0.15, -0.1) is 0 Å². The van der Waals surface area contributed by atoms with Gasteiger partial charge in [-0.2, -0.15) is 0 Å². The van der Waals surface area contributed by atoms with Gasteiger partial charge in [0.2, 0.25) is 0 Å². The molecule has 2 aromatic rings. The zero-order chi connectivity index (χ0) is 18.3. The maximum absolute atomic E-state index is 12.7. The first-order chi connectivity index (χ1) is 12.5. The monoisotopic (exact) mass is 349 g/mol. The summed E-state index contributed by atoms with van der Waals surface area (Å²) >= 11 is 0. The molecule has 5 nitrogen and oxygen atoms in total. The molecule has 1 saturated heterocycles. The van der Waals surface area contributed by atoms with Gasteiger partial charge in [-0.1, -0.05) is 29.8 Å². The van der Waals surface area contributed by atoms with Crippen LogP contribution in [0.25, 0.3) is 0 Å². The molecule has 2 aliphatic heterocycles. The third-order valence-corrected chi connectivity index (χ3v) is 5.33. The van der Waals surface area contributed by atoms with Crippen LogP contribution in [0.1, 0.15) is 44.7 Å². The van der Waals surface area contributed by atoms with Gasteiger partial charge in [-0.25, -0.2) is 0 Å². The Morgan fingerprint density at radius 1 is 1.23 bits per heavy atom. The summed E-state index contributed by atoms with van der Waals surface area (Å²) in [7, 11) is 2.00. The van der Waals surface area contributed by atoms with E-state index >= 15 is 0 Å². The number of fused-ring (bicyclic) bond motifs is 2. The molecule has 0 unspecified atom stereocenters. The molecular formula is C21H23N3O2. The van der Waals surface area contributed by atoms with E-state index in [-0.39, 0.29) is 18.0 Å². The van der Waals surface area contributed by atoms with Crippen molar-refractivity contribution in [3.05, 3.63) is 64.7 Å². The molecular weight excluding hydrogens is 326 g/mol. The third kappa shape index (κ3) is 2.83. The molecule has 4 rings (SSSR count). The van der Waals surface area contributed by atoms with E-state index in [4.69, 9.17) is 0 Å². The van der Waals surface area contributed by atoms with Crippen LogP contribution in [0.3, 0.4) is 0 Å². The smallest absolute Gasteiger partial charge is 0.257 e. The topological polar surface area (TPSA) is 52.7 Å². The molecule has 2 amide bonds. The minimum Gasteiger partial charge on any atom is -0.354 e. The van der Waals surface area contributed by atoms with Gasteiger partial charge < -0.3 is 15.1 Å². The Morgan fingerprint density at radius 3 is 2.88 bits per heavy atom. The van der Waals surface area contributed by atoms with Crippen molar-refractivity contribution in [3.63, 3.8) is 0 Å². The molecule has 26 heavy (non-hydrogen) atoms. The lowest BCUT2D eigenvalue weighted by molar-refractivity contribution is 0.0719. The average molecular weight is 349 g/mol. The van der Waals surface area contributed by atoms with Gasteiger partial charge in [0.25, 0.3) is 11.8 Å². The minimum atomic E-state index is -0.121. The van der Waals surface area contributed by atoms with Crippen LogP contribution in [0.4, 0.5) is 5.69 Å². The Kier molecular flexibility index (Phi) is 4.15. The average Bonchev–Trinajstić information content (AvgIpc) is 3.14. The molecule has 0 radical (unpaired) electrons. The van der Waals surface area contributed by atoms with Gasteiger partial charge in [-0.05, 0) is 43.5 Å². The molecule has 134 valence electrons. The molecule has 2 aliphatic rings. The molecule has 1 fully saturated rings. The molecule has 0 aromatic heterocycles. The van der Waals surface area contributed by atoms with Crippen LogP contribution < -0.4 is 10.2 Å². The van der Waals surface area contributed by atoms with E-state index < -0.39 is 0 Å². The molecule has 5 heteroatoms. The summed E-state index contributed by atoms with van der Waals surface area (Å²) in [6.45, 7) is 3.34. The number of nitrogens with zero attached hydrogens (tertiary/aromatic N) is 2. The van der Waals surface area contributed by atoms with Crippen molar-refractivity contribution in [2.24, 2.45) is 0 Å². The number of aryl methyl sites for hydroxylation is 1. The molecule has 0 bridgehead atoms. The van der Waals surface area contributed by atoms with Crippen LogP contribution in [-0.4, -0.2) is 36.5 Å². The second-order valence-corrected chi connectivity index (χ2v) is 7.14. The number of amides is 2. The first-order valence-electron chi connectivity index (χ1n) is 9.06. The zero-order valence-electron chi connectivity index (χ0n) is 15.2. The fraction of sp³-hybridized carbons (Fsp3) is 0.333. The Bertz CT molecular complexity index is 877. The number of benzene rings is 2. The highest BCUT2D eigenvalue weighted by atomic mass is 16.2. The van der Waals surface area contributed by atoms with E-state index in [2.05, 4.69) is 16.3 Å². The summed E-state index contributed by atoms with van der Waals surface area (Å²) < 4.78 is 0. The first kappa shape index (κ1) is 16.6. The molecule has 0 aliphatic carbocycles. The lowest BCUT2D eigenvalue weighted by atomic mass is 10.0. The summed E-state index contributed by atoms with van der Waals surface area (Å²) in [5.74, 6) is -0.0451. The number of rotatable bonds is 3. The zero-order valence-corrected chi connectivity index (χ0v) is 15.2. The van der Waals surface area contributed by atoms with Crippen molar-refractivity contribution in [1.82, 2.24) is 10.2 Å². The van der Waals surface area contributed by atoms with Crippen LogP contribution in [-0.2, 0) is 6.54 Å². The molecule has 0 spiro atoms. The second-order valence-electron chi connectivity index (χ2n) is 7.14. The number of carbonyl (C=O) groups is 2. The molecule has 2 aromatic carbocycles. The summed E-state index contributed by atoms with van der Waals surface area (Å²) in [6, 6.07) is 13.5. The van der Waals surface area contributed by atoms with Crippen molar-refractivity contribution in [3.8, 4) is 0 Å². The minimum absolute atomic E-state index is 0.0762. The number of carbonyl (C=O) groups excluding carboxylic acids is 2. The van der Waals surface area contributed by atoms with Gasteiger partial charge in [-0.3, -0.25) is 9.59 Å². The van der Waals surface area contributed by atoms with Crippen LogP contribution in [0.5, 0.6) is 0 Å². The van der Waals surface area contributed by atoms with E-state index in [1.165, 1.54) is 5.56 Å². The SMILES string of the molecule is Cc1cccc(CNC(=O)c2ccc3c(c2)N(C)[C@H]2CCCN2C3=O)c1. The number of hydrogen-bond donors (Lipinski definition) is 1. The number of nitrogens with one attached hydrogen (secondary N) is 1. The quantitative estimate of drug-likeness (QED) is 0.927. The van der Waals surface area contributed by atoms with Gasteiger partial charge in [0.05, 0.1) is 11.3 Å². The third-order valence-electron chi connectivity index (χ3n) is 5.33. The van der Waals surface area contributed by atoms with E-state index in [0.717, 1.165) is 30.6 Å². The highest BCUT2D eigenvalue weighted by Gasteiger charge is 2.38. The fourth-order valence-electron chi connectivity index (χ4n) is 3.96. The van der Waals surface area contributed by atoms with Crippen LogP contribution >= 0.6 is 0 Å². The standard InChI is InChI=1S/C21H23N3O2/c1-14-5-3-6-15(11-14)13-22-20(25)16-8-9-17-18(12-16)23(2)19-7-4-10-24(19)21(17)26/h3,5-6,8-9,11-12,19H,4,7,10,13H2,1-2H3,(H,22,25)/t19-/m1/s1. The predicted molar refractivity (Wildman–Crippen MR) is 101 cm³/mol. The lowest BCUT2D eigenvalue weighted by Crippen LogP contribution is -2.50. The van der Waals surface area contributed by atoms with E-state index in [1.54, 1.807) is 12.1 Å². The maximum atomic E-state index is 12.7. The van der Waals surface area contributed by atoms with Crippen molar-refractivity contribution < 1.29 is 9.59 Å². The molecule has 1 N–H and O–H groups in total. The molecule has 0 saturated carbocycles. The first-order valence-corrected chi connectivity index (χ1v) is 9.06. The fourth-order valence-corrected chi connectivity index (χ4v) is 3.96. The highest BCUT2D eigenvalue weighted by molar-refractivity contribution is 6.04. The molecule has 2 heterocycles. The van der Waals surface area contributed by atoms with Crippen molar-refractivity contribution in [1.29, 1.82) is 0 Å². The summed E-state index contributed by atoms with van der Waals surface area (Å²) in [5, 5.41) is 2.97. The summed E-state index contributed by atoms with van der Waals surface area (Å²) in [4.78, 5) is 29.3. The Balaban J connectivity index is 1.54. The Morgan fingerprint density at radius 2 is 2.08 bits per heavy atom. The number of hydrogen-bond acceptors (Lipinski definition) is 3. The van der Waals surface area contributed by atoms with Gasteiger partial charge >= 0.3 is 0 Å². The maximum Gasteiger partial charge on any atom is 0.257 e. The molecule has 1 atom stereocenters. The normalized spacial score (nSPS) is 18.5. The van der Waals surface area contributed by atoms with Gasteiger partial charge in [0, 0.05) is 25.7 Å². The highest BCUT2D eigenvalue weighted by Crippen LogP contribution is 2.35. The summed E-state index contributed by atoms with van der Waals surface area (Å²) in [6.07, 6.45) is 2.12.